The van der Waals surface area contributed by atoms with Gasteiger partial charge in [-0.15, -0.1) is 0 Å². The third-order valence-electron chi connectivity index (χ3n) is 4.20. The minimum atomic E-state index is -0.167. The molecule has 1 aliphatic rings. The third kappa shape index (κ3) is 4.59. The molecule has 2 aromatic carbocycles. The molecule has 1 N–H and O–H groups in total. The van der Waals surface area contributed by atoms with Crippen molar-refractivity contribution in [2.75, 3.05) is 18.1 Å². The highest BCUT2D eigenvalue weighted by atomic mass is 16.5. The summed E-state index contributed by atoms with van der Waals surface area (Å²) < 4.78 is 5.45. The summed E-state index contributed by atoms with van der Waals surface area (Å²) in [6.07, 6.45) is 1.54. The summed E-state index contributed by atoms with van der Waals surface area (Å²) in [5, 5.41) is 2.83. The molecule has 1 aliphatic heterocycles. The van der Waals surface area contributed by atoms with E-state index < -0.39 is 0 Å². The maximum Gasteiger partial charge on any atom is 0.258 e. The Morgan fingerprint density at radius 2 is 1.84 bits per heavy atom. The van der Waals surface area contributed by atoms with Gasteiger partial charge in [-0.2, -0.15) is 0 Å². The number of ether oxygens (including phenoxy) is 1. The highest BCUT2D eigenvalue weighted by molar-refractivity contribution is 5.95. The van der Waals surface area contributed by atoms with Gasteiger partial charge in [0.05, 0.1) is 0 Å². The number of amides is 2. The second-order valence-electron chi connectivity index (χ2n) is 6.19. The average Bonchev–Trinajstić information content (AvgIpc) is 3.06. The quantitative estimate of drug-likeness (QED) is 0.881. The van der Waals surface area contributed by atoms with Crippen LogP contribution in [0.2, 0.25) is 0 Å². The van der Waals surface area contributed by atoms with Gasteiger partial charge in [-0.05, 0) is 43.2 Å². The van der Waals surface area contributed by atoms with Crippen LogP contribution in [0.1, 0.15) is 24.0 Å². The molecule has 1 saturated heterocycles. The number of hydrogen-bond acceptors (Lipinski definition) is 3. The Morgan fingerprint density at radius 3 is 2.48 bits per heavy atom. The van der Waals surface area contributed by atoms with Crippen LogP contribution in [-0.2, 0) is 16.1 Å². The van der Waals surface area contributed by atoms with Gasteiger partial charge < -0.3 is 15.0 Å². The standard InChI is InChI=1S/C20H22N2O3/c1-15-4-10-18(11-5-15)25-14-19(23)21-13-16-6-8-17(9-7-16)22-12-2-3-20(22)24/h4-11H,2-3,12-14H2,1H3,(H,21,23). The number of carbonyl (C=O) groups excluding carboxylic acids is 2. The molecule has 0 unspecified atom stereocenters. The van der Waals surface area contributed by atoms with E-state index in [2.05, 4.69) is 5.32 Å². The lowest BCUT2D eigenvalue weighted by molar-refractivity contribution is -0.123. The molecule has 2 amide bonds. The van der Waals surface area contributed by atoms with E-state index >= 15 is 0 Å². The van der Waals surface area contributed by atoms with E-state index in [0.29, 0.717) is 18.7 Å². The first-order chi connectivity index (χ1) is 12.1. The summed E-state index contributed by atoms with van der Waals surface area (Å²) in [5.74, 6) is 0.689. The molecule has 0 spiro atoms. The summed E-state index contributed by atoms with van der Waals surface area (Å²) in [7, 11) is 0. The molecule has 1 fully saturated rings. The highest BCUT2D eigenvalue weighted by Gasteiger charge is 2.21. The van der Waals surface area contributed by atoms with Gasteiger partial charge in [-0.1, -0.05) is 29.8 Å². The average molecular weight is 338 g/mol. The molecular formula is C20H22N2O3. The van der Waals surface area contributed by atoms with Crippen LogP contribution in [0.25, 0.3) is 0 Å². The Balaban J connectivity index is 1.45. The fourth-order valence-electron chi connectivity index (χ4n) is 2.75. The second kappa shape index (κ2) is 7.83. The predicted molar refractivity (Wildman–Crippen MR) is 96.5 cm³/mol. The van der Waals surface area contributed by atoms with Gasteiger partial charge in [0.2, 0.25) is 5.91 Å². The second-order valence-corrected chi connectivity index (χ2v) is 6.19. The number of nitrogens with zero attached hydrogens (tertiary/aromatic N) is 1. The molecule has 1 heterocycles. The predicted octanol–water partition coefficient (Wildman–Crippen LogP) is 2.82. The van der Waals surface area contributed by atoms with E-state index in [-0.39, 0.29) is 18.4 Å². The van der Waals surface area contributed by atoms with Crippen molar-refractivity contribution < 1.29 is 14.3 Å². The van der Waals surface area contributed by atoms with E-state index in [0.717, 1.165) is 29.8 Å². The molecule has 0 aliphatic carbocycles. The Morgan fingerprint density at radius 1 is 1.12 bits per heavy atom. The first-order valence-corrected chi connectivity index (χ1v) is 8.47. The highest BCUT2D eigenvalue weighted by Crippen LogP contribution is 2.21. The Kier molecular flexibility index (Phi) is 5.33. The number of aryl methyl sites for hydroxylation is 1. The molecule has 3 rings (SSSR count). The smallest absolute Gasteiger partial charge is 0.258 e. The maximum atomic E-state index is 11.9. The summed E-state index contributed by atoms with van der Waals surface area (Å²) in [6, 6.07) is 15.3. The van der Waals surface area contributed by atoms with Crippen molar-refractivity contribution in [2.24, 2.45) is 0 Å². The van der Waals surface area contributed by atoms with E-state index in [4.69, 9.17) is 4.74 Å². The van der Waals surface area contributed by atoms with Gasteiger partial charge in [0.25, 0.3) is 5.91 Å². The van der Waals surface area contributed by atoms with Crippen LogP contribution in [0.15, 0.2) is 48.5 Å². The first kappa shape index (κ1) is 17.0. The Hall–Kier alpha value is -2.82. The number of anilines is 1. The summed E-state index contributed by atoms with van der Waals surface area (Å²) in [5.41, 5.74) is 3.05. The molecule has 5 heteroatoms. The molecule has 0 atom stereocenters. The lowest BCUT2D eigenvalue weighted by Gasteiger charge is -2.16. The molecule has 0 radical (unpaired) electrons. The molecule has 5 nitrogen and oxygen atoms in total. The zero-order valence-electron chi connectivity index (χ0n) is 14.3. The van der Waals surface area contributed by atoms with E-state index in [9.17, 15) is 9.59 Å². The Bertz CT molecular complexity index is 739. The monoisotopic (exact) mass is 338 g/mol. The van der Waals surface area contributed by atoms with E-state index in [1.54, 1.807) is 4.90 Å². The van der Waals surface area contributed by atoms with Crippen molar-refractivity contribution in [3.63, 3.8) is 0 Å². The van der Waals surface area contributed by atoms with Gasteiger partial charge in [0.1, 0.15) is 5.75 Å². The van der Waals surface area contributed by atoms with E-state index in [1.807, 2.05) is 55.5 Å². The minimum absolute atomic E-state index is 0.0105. The number of hydrogen-bond donors (Lipinski definition) is 1. The van der Waals surface area contributed by atoms with Crippen LogP contribution in [-0.4, -0.2) is 25.0 Å². The number of benzene rings is 2. The SMILES string of the molecule is Cc1ccc(OCC(=O)NCc2ccc(N3CCCC3=O)cc2)cc1. The maximum absolute atomic E-state index is 11.9. The van der Waals surface area contributed by atoms with Gasteiger partial charge in [0, 0.05) is 25.2 Å². The number of carbonyl (C=O) groups is 2. The van der Waals surface area contributed by atoms with Crippen LogP contribution >= 0.6 is 0 Å². The summed E-state index contributed by atoms with van der Waals surface area (Å²) >= 11 is 0. The van der Waals surface area contributed by atoms with Gasteiger partial charge in [0.15, 0.2) is 6.61 Å². The van der Waals surface area contributed by atoms with Crippen molar-refractivity contribution in [1.29, 1.82) is 0 Å². The molecule has 130 valence electrons. The van der Waals surface area contributed by atoms with Crippen LogP contribution in [0.3, 0.4) is 0 Å². The van der Waals surface area contributed by atoms with Crippen LogP contribution < -0.4 is 15.0 Å². The minimum Gasteiger partial charge on any atom is -0.484 e. The molecule has 25 heavy (non-hydrogen) atoms. The van der Waals surface area contributed by atoms with Crippen molar-refractivity contribution in [3.05, 3.63) is 59.7 Å². The van der Waals surface area contributed by atoms with E-state index in [1.165, 1.54) is 0 Å². The fraction of sp³-hybridized carbons (Fsp3) is 0.300. The molecule has 0 aromatic heterocycles. The summed E-state index contributed by atoms with van der Waals surface area (Å²) in [4.78, 5) is 25.4. The third-order valence-corrected chi connectivity index (χ3v) is 4.20. The zero-order valence-corrected chi connectivity index (χ0v) is 14.3. The molecule has 0 bridgehead atoms. The molecule has 0 saturated carbocycles. The topological polar surface area (TPSA) is 58.6 Å². The lowest BCUT2D eigenvalue weighted by Crippen LogP contribution is -2.28. The summed E-state index contributed by atoms with van der Waals surface area (Å²) in [6.45, 7) is 3.21. The van der Waals surface area contributed by atoms with Crippen molar-refractivity contribution in [1.82, 2.24) is 5.32 Å². The number of nitrogens with one attached hydrogen (secondary N) is 1. The van der Waals surface area contributed by atoms with Crippen LogP contribution in [0.4, 0.5) is 5.69 Å². The van der Waals surface area contributed by atoms with Crippen molar-refractivity contribution in [2.45, 2.75) is 26.3 Å². The van der Waals surface area contributed by atoms with Crippen molar-refractivity contribution in [3.8, 4) is 5.75 Å². The van der Waals surface area contributed by atoms with Crippen LogP contribution in [0.5, 0.6) is 5.75 Å². The van der Waals surface area contributed by atoms with Crippen LogP contribution in [0, 0.1) is 6.92 Å². The van der Waals surface area contributed by atoms with Gasteiger partial charge in [-0.25, -0.2) is 0 Å². The van der Waals surface area contributed by atoms with Crippen molar-refractivity contribution >= 4 is 17.5 Å². The molecule has 2 aromatic rings. The van der Waals surface area contributed by atoms with Gasteiger partial charge in [-0.3, -0.25) is 9.59 Å². The zero-order chi connectivity index (χ0) is 17.6. The van der Waals surface area contributed by atoms with Gasteiger partial charge >= 0.3 is 0 Å². The number of rotatable bonds is 6. The lowest BCUT2D eigenvalue weighted by atomic mass is 10.2. The largest absolute Gasteiger partial charge is 0.484 e. The molecular weight excluding hydrogens is 316 g/mol. The first-order valence-electron chi connectivity index (χ1n) is 8.47. The Labute approximate surface area is 147 Å². The normalized spacial score (nSPS) is 13.8. The fourth-order valence-corrected chi connectivity index (χ4v) is 2.75.